The Bertz CT molecular complexity index is 614. The zero-order chi connectivity index (χ0) is 15.8. The maximum absolute atomic E-state index is 5.19. The second-order valence-electron chi connectivity index (χ2n) is 4.19. The van der Waals surface area contributed by atoms with Gasteiger partial charge >= 0.3 is 0 Å². The van der Waals surface area contributed by atoms with Crippen LogP contribution < -0.4 is 26.2 Å². The molecule has 0 fully saturated rings. The van der Waals surface area contributed by atoms with Gasteiger partial charge in [0.05, 0.1) is 19.9 Å². The van der Waals surface area contributed by atoms with Gasteiger partial charge in [-0.3, -0.25) is 10.9 Å². The van der Waals surface area contributed by atoms with Gasteiger partial charge in [0.2, 0.25) is 0 Å². The van der Waals surface area contributed by atoms with Crippen LogP contribution in [0.1, 0.15) is 5.76 Å². The number of hydrogen-bond acceptors (Lipinski definition) is 4. The Kier molecular flexibility index (Phi) is 5.99. The highest BCUT2D eigenvalue weighted by Crippen LogP contribution is 2.14. The Morgan fingerprint density at radius 2 is 1.82 bits per heavy atom. The normalized spacial score (nSPS) is 9.68. The molecule has 0 aliphatic carbocycles. The minimum absolute atomic E-state index is 0.396. The summed E-state index contributed by atoms with van der Waals surface area (Å²) in [5.41, 5.74) is 6.42. The van der Waals surface area contributed by atoms with E-state index < -0.39 is 0 Å². The molecule has 6 nitrogen and oxygen atoms in total. The highest BCUT2D eigenvalue weighted by molar-refractivity contribution is 7.80. The highest BCUT2D eigenvalue weighted by atomic mass is 32.1. The molecule has 0 atom stereocenters. The molecule has 0 amide bonds. The van der Waals surface area contributed by atoms with Gasteiger partial charge in [-0.2, -0.15) is 0 Å². The zero-order valence-corrected chi connectivity index (χ0v) is 13.5. The van der Waals surface area contributed by atoms with Crippen molar-refractivity contribution in [2.24, 2.45) is 0 Å². The monoisotopic (exact) mass is 336 g/mol. The lowest BCUT2D eigenvalue weighted by molar-refractivity contribution is 0.415. The average molecular weight is 336 g/mol. The number of hydrogen-bond donors (Lipinski definition) is 4. The molecule has 2 aromatic rings. The minimum atomic E-state index is 0.396. The van der Waals surface area contributed by atoms with Gasteiger partial charge in [-0.05, 0) is 60.8 Å². The number of benzene rings is 1. The zero-order valence-electron chi connectivity index (χ0n) is 11.9. The summed E-state index contributed by atoms with van der Waals surface area (Å²) in [6.07, 6.45) is 1.61. The number of nitrogens with one attached hydrogen (secondary N) is 4. The van der Waals surface area contributed by atoms with E-state index in [9.17, 15) is 0 Å². The molecule has 0 saturated heterocycles. The van der Waals surface area contributed by atoms with Crippen molar-refractivity contribution in [3.05, 3.63) is 48.4 Å². The van der Waals surface area contributed by atoms with Crippen molar-refractivity contribution in [3.8, 4) is 5.75 Å². The maximum Gasteiger partial charge on any atom is 0.189 e. The SMILES string of the molecule is COc1ccc(NC(=S)NNC(=S)NCc2ccco2)cc1. The predicted molar refractivity (Wildman–Crippen MR) is 93.6 cm³/mol. The van der Waals surface area contributed by atoms with E-state index >= 15 is 0 Å². The van der Waals surface area contributed by atoms with Gasteiger partial charge in [-0.25, -0.2) is 0 Å². The first-order chi connectivity index (χ1) is 10.7. The lowest BCUT2D eigenvalue weighted by atomic mass is 10.3. The van der Waals surface area contributed by atoms with Gasteiger partial charge in [-0.15, -0.1) is 0 Å². The topological polar surface area (TPSA) is 70.5 Å². The molecule has 0 aliphatic heterocycles. The summed E-state index contributed by atoms with van der Waals surface area (Å²) in [7, 11) is 1.62. The third-order valence-electron chi connectivity index (χ3n) is 2.64. The van der Waals surface area contributed by atoms with Gasteiger partial charge in [0.25, 0.3) is 0 Å². The van der Waals surface area contributed by atoms with E-state index in [0.717, 1.165) is 17.2 Å². The Labute approximate surface area is 139 Å². The van der Waals surface area contributed by atoms with Crippen LogP contribution in [-0.2, 0) is 6.54 Å². The van der Waals surface area contributed by atoms with E-state index in [2.05, 4.69) is 21.5 Å². The van der Waals surface area contributed by atoms with Crippen molar-refractivity contribution in [2.45, 2.75) is 6.54 Å². The summed E-state index contributed by atoms with van der Waals surface area (Å²) in [6.45, 7) is 0.499. The number of rotatable bonds is 4. The molecule has 116 valence electrons. The molecule has 22 heavy (non-hydrogen) atoms. The number of hydrazine groups is 1. The predicted octanol–water partition coefficient (Wildman–Crippen LogP) is 2.15. The molecule has 0 radical (unpaired) electrons. The molecular formula is C14H16N4O2S2. The molecule has 0 aliphatic rings. The van der Waals surface area contributed by atoms with Crippen LogP contribution in [0.3, 0.4) is 0 Å². The summed E-state index contributed by atoms with van der Waals surface area (Å²) < 4.78 is 10.3. The van der Waals surface area contributed by atoms with Crippen LogP contribution >= 0.6 is 24.4 Å². The first-order valence-electron chi connectivity index (χ1n) is 6.44. The van der Waals surface area contributed by atoms with Gasteiger partial charge in [0, 0.05) is 5.69 Å². The minimum Gasteiger partial charge on any atom is -0.497 e. The summed E-state index contributed by atoms with van der Waals surface area (Å²) in [5, 5.41) is 6.80. The summed E-state index contributed by atoms with van der Waals surface area (Å²) in [6, 6.07) is 11.1. The van der Waals surface area contributed by atoms with E-state index in [0.29, 0.717) is 16.8 Å². The molecule has 2 rings (SSSR count). The van der Waals surface area contributed by atoms with Crippen molar-refractivity contribution in [3.63, 3.8) is 0 Å². The fourth-order valence-electron chi connectivity index (χ4n) is 1.57. The number of ether oxygens (including phenoxy) is 1. The Morgan fingerprint density at radius 1 is 1.09 bits per heavy atom. The molecular weight excluding hydrogens is 320 g/mol. The summed E-state index contributed by atoms with van der Waals surface area (Å²) in [4.78, 5) is 0. The van der Waals surface area contributed by atoms with E-state index in [1.54, 1.807) is 13.4 Å². The van der Waals surface area contributed by atoms with Crippen molar-refractivity contribution in [2.75, 3.05) is 12.4 Å². The Morgan fingerprint density at radius 3 is 2.45 bits per heavy atom. The second-order valence-corrected chi connectivity index (χ2v) is 5.01. The molecule has 1 heterocycles. The second kappa shape index (κ2) is 8.20. The lowest BCUT2D eigenvalue weighted by Gasteiger charge is -2.14. The fraction of sp³-hybridized carbons (Fsp3) is 0.143. The van der Waals surface area contributed by atoms with Crippen LogP contribution in [0.25, 0.3) is 0 Å². The molecule has 4 N–H and O–H groups in total. The smallest absolute Gasteiger partial charge is 0.189 e. The Hall–Kier alpha value is -2.32. The third-order valence-corrected chi connectivity index (χ3v) is 3.09. The number of anilines is 1. The van der Waals surface area contributed by atoms with Crippen molar-refractivity contribution in [1.29, 1.82) is 0 Å². The van der Waals surface area contributed by atoms with Gasteiger partial charge < -0.3 is 19.8 Å². The van der Waals surface area contributed by atoms with Crippen LogP contribution in [0.5, 0.6) is 5.75 Å². The highest BCUT2D eigenvalue weighted by Gasteiger charge is 2.01. The first kappa shape index (κ1) is 16.1. The third kappa shape index (κ3) is 5.23. The van der Waals surface area contributed by atoms with Crippen molar-refractivity contribution < 1.29 is 9.15 Å². The van der Waals surface area contributed by atoms with Crippen molar-refractivity contribution in [1.82, 2.24) is 16.2 Å². The number of furan rings is 1. The largest absolute Gasteiger partial charge is 0.497 e. The molecule has 1 aromatic carbocycles. The number of methoxy groups -OCH3 is 1. The maximum atomic E-state index is 5.19. The van der Waals surface area contributed by atoms with Gasteiger partial charge in [-0.1, -0.05) is 0 Å². The van der Waals surface area contributed by atoms with E-state index in [4.69, 9.17) is 33.6 Å². The first-order valence-corrected chi connectivity index (χ1v) is 7.26. The number of thiocarbonyl (C=S) groups is 2. The Balaban J connectivity index is 1.69. The molecule has 0 spiro atoms. The molecule has 0 unspecified atom stereocenters. The van der Waals surface area contributed by atoms with Gasteiger partial charge in [0.1, 0.15) is 11.5 Å². The van der Waals surface area contributed by atoms with Crippen molar-refractivity contribution >= 4 is 40.3 Å². The van der Waals surface area contributed by atoms with Crippen LogP contribution in [0.4, 0.5) is 5.69 Å². The molecule has 8 heteroatoms. The van der Waals surface area contributed by atoms with Gasteiger partial charge in [0.15, 0.2) is 10.2 Å². The standard InChI is InChI=1S/C14H16N4O2S2/c1-19-11-6-4-10(5-7-11)16-14(22)18-17-13(21)15-9-12-3-2-8-20-12/h2-8H,9H2,1H3,(H2,15,17,21)(H2,16,18,22). The average Bonchev–Trinajstić information content (AvgIpc) is 3.05. The summed E-state index contributed by atoms with van der Waals surface area (Å²) >= 11 is 10.3. The summed E-state index contributed by atoms with van der Waals surface area (Å²) in [5.74, 6) is 1.58. The van der Waals surface area contributed by atoms with E-state index in [-0.39, 0.29) is 0 Å². The molecule has 1 aromatic heterocycles. The molecule has 0 saturated carbocycles. The van der Waals surface area contributed by atoms with Crippen LogP contribution in [-0.4, -0.2) is 17.3 Å². The van der Waals surface area contributed by atoms with Crippen LogP contribution in [0.2, 0.25) is 0 Å². The van der Waals surface area contributed by atoms with Crippen LogP contribution in [0, 0.1) is 0 Å². The molecule has 0 bridgehead atoms. The quantitative estimate of drug-likeness (QED) is 0.500. The van der Waals surface area contributed by atoms with Crippen LogP contribution in [0.15, 0.2) is 47.1 Å². The lowest BCUT2D eigenvalue weighted by Crippen LogP contribution is -2.47. The van der Waals surface area contributed by atoms with E-state index in [1.807, 2.05) is 36.4 Å². The fourth-order valence-corrected chi connectivity index (χ4v) is 1.87. The van der Waals surface area contributed by atoms with E-state index in [1.165, 1.54) is 0 Å².